The normalized spacial score (nSPS) is 10.3. The van der Waals surface area contributed by atoms with Gasteiger partial charge in [-0.25, -0.2) is 9.97 Å². The third-order valence-corrected chi connectivity index (χ3v) is 3.18. The molecule has 0 aliphatic rings. The van der Waals surface area contributed by atoms with Crippen LogP contribution in [0.1, 0.15) is 21.2 Å². The third kappa shape index (κ3) is 3.48. The molecule has 0 spiro atoms. The average molecular weight is 283 g/mol. The highest BCUT2D eigenvalue weighted by atomic mass is 35.5. The average Bonchev–Trinajstić information content (AvgIpc) is 2.75. The Kier molecular flexibility index (Phi) is 4.22. The van der Waals surface area contributed by atoms with Crippen molar-refractivity contribution in [1.29, 1.82) is 0 Å². The first-order valence-corrected chi connectivity index (χ1v) is 6.57. The van der Waals surface area contributed by atoms with Crippen molar-refractivity contribution in [2.75, 3.05) is 6.54 Å². The molecule has 0 saturated heterocycles. The minimum Gasteiger partial charge on any atom is -0.350 e. The molecule has 2 heterocycles. The molecule has 7 heteroatoms. The van der Waals surface area contributed by atoms with Crippen molar-refractivity contribution in [2.24, 2.45) is 0 Å². The Labute approximate surface area is 113 Å². The van der Waals surface area contributed by atoms with Crippen LogP contribution in [0.5, 0.6) is 0 Å². The van der Waals surface area contributed by atoms with Crippen molar-refractivity contribution in [3.8, 4) is 0 Å². The summed E-state index contributed by atoms with van der Waals surface area (Å²) in [5.41, 5.74) is 1.20. The number of halogens is 1. The number of nitrogens with one attached hydrogen (secondary N) is 1. The van der Waals surface area contributed by atoms with Crippen molar-refractivity contribution in [3.63, 3.8) is 0 Å². The van der Waals surface area contributed by atoms with Crippen LogP contribution in [-0.2, 0) is 6.42 Å². The summed E-state index contributed by atoms with van der Waals surface area (Å²) in [4.78, 5) is 23.7. The van der Waals surface area contributed by atoms with Gasteiger partial charge in [-0.2, -0.15) is 0 Å². The molecule has 0 saturated carbocycles. The highest BCUT2D eigenvalue weighted by Crippen LogP contribution is 2.08. The van der Waals surface area contributed by atoms with Gasteiger partial charge in [-0.15, -0.1) is 11.3 Å². The van der Waals surface area contributed by atoms with Gasteiger partial charge in [-0.1, -0.05) is 11.6 Å². The summed E-state index contributed by atoms with van der Waals surface area (Å²) in [6.45, 7) is 2.46. The number of hydrogen-bond acceptors (Lipinski definition) is 5. The van der Waals surface area contributed by atoms with Crippen molar-refractivity contribution < 1.29 is 4.79 Å². The Bertz CT molecular complexity index is 557. The number of hydrogen-bond donors (Lipinski definition) is 1. The smallest absolute Gasteiger partial charge is 0.271 e. The predicted molar refractivity (Wildman–Crippen MR) is 69.9 cm³/mol. The minimum absolute atomic E-state index is 0.206. The van der Waals surface area contributed by atoms with E-state index in [0.717, 1.165) is 10.7 Å². The Balaban J connectivity index is 1.85. The van der Waals surface area contributed by atoms with Crippen LogP contribution < -0.4 is 5.32 Å². The zero-order valence-electron chi connectivity index (χ0n) is 9.68. The number of aromatic nitrogens is 3. The molecule has 2 aromatic heterocycles. The van der Waals surface area contributed by atoms with Gasteiger partial charge in [0.05, 0.1) is 23.1 Å². The highest BCUT2D eigenvalue weighted by molar-refractivity contribution is 7.09. The van der Waals surface area contributed by atoms with Gasteiger partial charge in [0.15, 0.2) is 0 Å². The van der Waals surface area contributed by atoms with E-state index in [4.69, 9.17) is 11.6 Å². The van der Waals surface area contributed by atoms with Crippen molar-refractivity contribution >= 4 is 28.8 Å². The number of nitrogens with zero attached hydrogens (tertiary/aromatic N) is 3. The predicted octanol–water partition coefficient (Wildman–Crippen LogP) is 1.87. The van der Waals surface area contributed by atoms with E-state index >= 15 is 0 Å². The lowest BCUT2D eigenvalue weighted by Crippen LogP contribution is -2.26. The van der Waals surface area contributed by atoms with E-state index in [2.05, 4.69) is 20.3 Å². The van der Waals surface area contributed by atoms with Crippen molar-refractivity contribution in [2.45, 2.75) is 13.3 Å². The summed E-state index contributed by atoms with van der Waals surface area (Å²) in [5, 5.41) is 5.97. The molecule has 1 N–H and O–H groups in total. The third-order valence-electron chi connectivity index (χ3n) is 2.17. The Morgan fingerprint density at radius 3 is 2.94 bits per heavy atom. The molecule has 94 valence electrons. The van der Waals surface area contributed by atoms with Gasteiger partial charge < -0.3 is 5.32 Å². The van der Waals surface area contributed by atoms with Crippen molar-refractivity contribution in [1.82, 2.24) is 20.3 Å². The van der Waals surface area contributed by atoms with E-state index in [1.165, 1.54) is 12.4 Å². The van der Waals surface area contributed by atoms with Crippen LogP contribution in [0.3, 0.4) is 0 Å². The molecule has 2 rings (SSSR count). The lowest BCUT2D eigenvalue weighted by atomic mass is 10.3. The van der Waals surface area contributed by atoms with Crippen LogP contribution in [0, 0.1) is 6.92 Å². The fourth-order valence-corrected chi connectivity index (χ4v) is 2.16. The quantitative estimate of drug-likeness (QED) is 0.929. The molecule has 1 amide bonds. The molecule has 0 atom stereocenters. The Morgan fingerprint density at radius 1 is 1.44 bits per heavy atom. The molecule has 0 bridgehead atoms. The van der Waals surface area contributed by atoms with Gasteiger partial charge in [0.25, 0.3) is 5.91 Å². The zero-order valence-corrected chi connectivity index (χ0v) is 11.3. The Morgan fingerprint density at radius 2 is 2.28 bits per heavy atom. The number of aryl methyl sites for hydroxylation is 1. The fourth-order valence-electron chi connectivity index (χ4n) is 1.37. The summed E-state index contributed by atoms with van der Waals surface area (Å²) in [6, 6.07) is 0. The van der Waals surface area contributed by atoms with Crippen LogP contribution in [0.4, 0.5) is 0 Å². The molecule has 5 nitrogen and oxygen atoms in total. The second kappa shape index (κ2) is 5.88. The van der Waals surface area contributed by atoms with E-state index in [0.29, 0.717) is 13.0 Å². The molecule has 0 aliphatic carbocycles. The Hall–Kier alpha value is -1.53. The summed E-state index contributed by atoms with van der Waals surface area (Å²) < 4.78 is 0. The van der Waals surface area contributed by atoms with Gasteiger partial charge in [0.1, 0.15) is 10.8 Å². The van der Waals surface area contributed by atoms with Crippen LogP contribution in [0.25, 0.3) is 0 Å². The zero-order chi connectivity index (χ0) is 13.0. The summed E-state index contributed by atoms with van der Waals surface area (Å²) >= 11 is 7.26. The van der Waals surface area contributed by atoms with E-state index in [-0.39, 0.29) is 16.8 Å². The second-order valence-corrected chi connectivity index (χ2v) is 5.04. The first-order chi connectivity index (χ1) is 8.65. The summed E-state index contributed by atoms with van der Waals surface area (Å²) in [5.74, 6) is -0.281. The molecule has 0 fully saturated rings. The monoisotopic (exact) mass is 282 g/mol. The van der Waals surface area contributed by atoms with Gasteiger partial charge >= 0.3 is 0 Å². The summed E-state index contributed by atoms with van der Waals surface area (Å²) in [7, 11) is 0. The van der Waals surface area contributed by atoms with E-state index in [1.807, 2.05) is 12.3 Å². The second-order valence-electron chi connectivity index (χ2n) is 3.59. The van der Waals surface area contributed by atoms with E-state index in [1.54, 1.807) is 11.3 Å². The topological polar surface area (TPSA) is 67.8 Å². The first-order valence-electron chi connectivity index (χ1n) is 5.32. The van der Waals surface area contributed by atoms with Gasteiger partial charge in [0.2, 0.25) is 0 Å². The molecule has 0 aromatic carbocycles. The van der Waals surface area contributed by atoms with Crippen LogP contribution in [0.15, 0.2) is 17.8 Å². The van der Waals surface area contributed by atoms with Gasteiger partial charge in [-0.05, 0) is 6.92 Å². The van der Waals surface area contributed by atoms with Crippen LogP contribution >= 0.6 is 22.9 Å². The number of carbonyl (C=O) groups excluding carboxylic acids is 1. The first kappa shape index (κ1) is 12.9. The molecule has 18 heavy (non-hydrogen) atoms. The van der Waals surface area contributed by atoms with Crippen molar-refractivity contribution in [3.05, 3.63) is 39.3 Å². The van der Waals surface area contributed by atoms with E-state index in [9.17, 15) is 4.79 Å². The summed E-state index contributed by atoms with van der Waals surface area (Å²) in [6.07, 6.45) is 3.47. The maximum Gasteiger partial charge on any atom is 0.271 e. The van der Waals surface area contributed by atoms with Crippen LogP contribution in [0.2, 0.25) is 5.15 Å². The molecular formula is C11H11ClN4OS. The number of amides is 1. The maximum absolute atomic E-state index is 11.7. The minimum atomic E-state index is -0.281. The van der Waals surface area contributed by atoms with Crippen LogP contribution in [-0.4, -0.2) is 27.4 Å². The lowest BCUT2D eigenvalue weighted by molar-refractivity contribution is 0.0948. The number of carbonyl (C=O) groups is 1. The molecule has 0 unspecified atom stereocenters. The van der Waals surface area contributed by atoms with Gasteiger partial charge in [-0.3, -0.25) is 9.78 Å². The standard InChI is InChI=1S/C11H11ClN4OS/c1-7-15-8(6-18-7)2-3-14-11(17)9-4-13-5-10(12)16-9/h4-6H,2-3H2,1H3,(H,14,17). The van der Waals surface area contributed by atoms with E-state index < -0.39 is 0 Å². The largest absolute Gasteiger partial charge is 0.350 e. The number of thiazole rings is 1. The van der Waals surface area contributed by atoms with Gasteiger partial charge in [0, 0.05) is 18.3 Å². The maximum atomic E-state index is 11.7. The SMILES string of the molecule is Cc1nc(CCNC(=O)c2cncc(Cl)n2)cs1. The molecule has 2 aromatic rings. The molecule has 0 radical (unpaired) electrons. The fraction of sp³-hybridized carbons (Fsp3) is 0.273. The molecular weight excluding hydrogens is 272 g/mol. The number of rotatable bonds is 4. The highest BCUT2D eigenvalue weighted by Gasteiger charge is 2.08. The molecule has 0 aliphatic heterocycles. The lowest BCUT2D eigenvalue weighted by Gasteiger charge is -2.03.